The predicted molar refractivity (Wildman–Crippen MR) is 158 cm³/mol. The molecule has 0 aliphatic carbocycles. The fraction of sp³-hybridized carbons (Fsp3) is 0.250. The highest BCUT2D eigenvalue weighted by molar-refractivity contribution is 7.56. The Morgan fingerprint density at radius 3 is 0.971 bits per heavy atom. The van der Waals surface area contributed by atoms with Crippen molar-refractivity contribution < 1.29 is 0 Å². The highest BCUT2D eigenvalue weighted by atomic mass is 31.1. The van der Waals surface area contributed by atoms with Crippen molar-refractivity contribution >= 4 is 38.4 Å². The summed E-state index contributed by atoms with van der Waals surface area (Å²) >= 11 is 0. The molecule has 0 fully saturated rings. The van der Waals surface area contributed by atoms with E-state index in [2.05, 4.69) is 116 Å². The molecule has 174 valence electrons. The average Bonchev–Trinajstić information content (AvgIpc) is 2.67. The second kappa shape index (κ2) is 10.2. The minimum atomic E-state index is 0.644. The van der Waals surface area contributed by atoms with Crippen molar-refractivity contribution in [1.29, 1.82) is 0 Å². The normalized spacial score (nSPS) is 11.9. The largest absolute Gasteiger partial charge is 0.0584 e. The van der Waals surface area contributed by atoms with Gasteiger partial charge in [0, 0.05) is 0 Å². The Labute approximate surface area is 209 Å². The van der Waals surface area contributed by atoms with Crippen molar-refractivity contribution in [2.75, 3.05) is 0 Å². The Hall–Kier alpha value is -2.26. The van der Waals surface area contributed by atoms with Crippen molar-refractivity contribution in [1.82, 2.24) is 0 Å². The lowest BCUT2D eigenvalue weighted by Gasteiger charge is -2.21. The summed E-state index contributed by atoms with van der Waals surface area (Å²) in [5.74, 6) is 0. The molecule has 0 aliphatic heterocycles. The molecule has 0 spiro atoms. The molecule has 0 aliphatic rings. The monoisotopic (exact) mass is 482 g/mol. The Morgan fingerprint density at radius 2 is 0.647 bits per heavy atom. The highest BCUT2D eigenvalue weighted by Crippen LogP contribution is 2.33. The summed E-state index contributed by atoms with van der Waals surface area (Å²) < 4.78 is 0. The summed E-state index contributed by atoms with van der Waals surface area (Å²) in [6, 6.07) is 23.5. The molecule has 0 radical (unpaired) electrons. The maximum absolute atomic E-state index is 2.42. The standard InChI is InChI=1S/C32H36P2/c1-19-9-20(2)14-27(13-19)33-29-17-23(5)11-25(7)31(29)32-26(8)12-24(6)18-30(32)34-28-15-21(3)10-22(4)16-28/h9-18,33-34H,1-8H3. The molecular formula is C32H36P2. The van der Waals surface area contributed by atoms with E-state index in [1.165, 1.54) is 76.9 Å². The maximum Gasteiger partial charge on any atom is -0.00677 e. The van der Waals surface area contributed by atoms with Crippen LogP contribution in [0.5, 0.6) is 0 Å². The van der Waals surface area contributed by atoms with Gasteiger partial charge in [-0.2, -0.15) is 0 Å². The molecule has 4 aromatic rings. The van der Waals surface area contributed by atoms with Gasteiger partial charge in [0.25, 0.3) is 0 Å². The van der Waals surface area contributed by atoms with E-state index in [9.17, 15) is 0 Å². The summed E-state index contributed by atoms with van der Waals surface area (Å²) in [4.78, 5) is 0. The summed E-state index contributed by atoms with van der Waals surface area (Å²) in [7, 11) is 1.29. The van der Waals surface area contributed by atoms with Gasteiger partial charge in [-0.3, -0.25) is 0 Å². The van der Waals surface area contributed by atoms with Crippen LogP contribution in [0, 0.1) is 55.4 Å². The minimum absolute atomic E-state index is 0.644. The first kappa shape index (κ1) is 24.9. The Balaban J connectivity index is 1.90. The second-order valence-corrected chi connectivity index (χ2v) is 12.7. The number of benzene rings is 4. The van der Waals surface area contributed by atoms with E-state index in [4.69, 9.17) is 0 Å². The number of rotatable bonds is 5. The first-order chi connectivity index (χ1) is 16.1. The molecule has 4 aromatic carbocycles. The molecule has 2 unspecified atom stereocenters. The molecule has 0 aromatic heterocycles. The van der Waals surface area contributed by atoms with Gasteiger partial charge < -0.3 is 0 Å². The lowest BCUT2D eigenvalue weighted by Crippen LogP contribution is -2.16. The van der Waals surface area contributed by atoms with Crippen LogP contribution in [0.1, 0.15) is 44.5 Å². The third-order valence-electron chi connectivity index (χ3n) is 6.21. The average molecular weight is 483 g/mol. The van der Waals surface area contributed by atoms with Gasteiger partial charge in [-0.25, -0.2) is 0 Å². The Bertz CT molecular complexity index is 1230. The summed E-state index contributed by atoms with van der Waals surface area (Å²) in [5, 5.41) is 5.76. The van der Waals surface area contributed by atoms with Crippen molar-refractivity contribution in [3.8, 4) is 11.1 Å². The van der Waals surface area contributed by atoms with Crippen LogP contribution in [0.4, 0.5) is 0 Å². The van der Waals surface area contributed by atoms with Crippen LogP contribution >= 0.6 is 17.2 Å². The molecule has 0 saturated carbocycles. The molecule has 0 amide bonds. The van der Waals surface area contributed by atoms with Crippen LogP contribution in [0.3, 0.4) is 0 Å². The Kier molecular flexibility index (Phi) is 7.42. The quantitative estimate of drug-likeness (QED) is 0.267. The van der Waals surface area contributed by atoms with Crippen LogP contribution in [0.15, 0.2) is 60.7 Å². The molecule has 34 heavy (non-hydrogen) atoms. The van der Waals surface area contributed by atoms with Gasteiger partial charge in [-0.1, -0.05) is 111 Å². The molecule has 0 N–H and O–H groups in total. The van der Waals surface area contributed by atoms with Gasteiger partial charge in [0.1, 0.15) is 0 Å². The molecule has 0 heterocycles. The first-order valence-corrected chi connectivity index (χ1v) is 14.0. The highest BCUT2D eigenvalue weighted by Gasteiger charge is 2.18. The molecule has 2 heteroatoms. The molecular weight excluding hydrogens is 446 g/mol. The summed E-state index contributed by atoms with van der Waals surface area (Å²) in [5.41, 5.74) is 13.7. The predicted octanol–water partition coefficient (Wildman–Crippen LogP) is 7.08. The molecule has 4 rings (SSSR count). The zero-order chi connectivity index (χ0) is 24.6. The van der Waals surface area contributed by atoms with Gasteiger partial charge in [0.2, 0.25) is 0 Å². The van der Waals surface area contributed by atoms with E-state index in [0.717, 1.165) is 0 Å². The topological polar surface area (TPSA) is 0 Å². The molecule has 0 nitrogen and oxygen atoms in total. The van der Waals surface area contributed by atoms with E-state index < -0.39 is 0 Å². The van der Waals surface area contributed by atoms with Crippen molar-refractivity contribution in [2.45, 2.75) is 55.4 Å². The molecule has 2 atom stereocenters. The van der Waals surface area contributed by atoms with E-state index in [1.807, 2.05) is 0 Å². The number of hydrogen-bond donors (Lipinski definition) is 0. The van der Waals surface area contributed by atoms with Crippen LogP contribution in [-0.4, -0.2) is 0 Å². The number of aryl methyl sites for hydroxylation is 8. The van der Waals surface area contributed by atoms with Gasteiger partial charge >= 0.3 is 0 Å². The van der Waals surface area contributed by atoms with Gasteiger partial charge in [-0.15, -0.1) is 0 Å². The molecule has 0 bridgehead atoms. The van der Waals surface area contributed by atoms with Gasteiger partial charge in [0.05, 0.1) is 0 Å². The van der Waals surface area contributed by atoms with Gasteiger partial charge in [0.15, 0.2) is 0 Å². The van der Waals surface area contributed by atoms with Crippen LogP contribution < -0.4 is 21.2 Å². The van der Waals surface area contributed by atoms with Crippen LogP contribution in [0.25, 0.3) is 11.1 Å². The van der Waals surface area contributed by atoms with Crippen molar-refractivity contribution in [2.24, 2.45) is 0 Å². The molecule has 0 saturated heterocycles. The zero-order valence-electron chi connectivity index (χ0n) is 21.8. The Morgan fingerprint density at radius 1 is 0.353 bits per heavy atom. The van der Waals surface area contributed by atoms with E-state index in [-0.39, 0.29) is 0 Å². The summed E-state index contributed by atoms with van der Waals surface area (Å²) in [6.07, 6.45) is 0. The second-order valence-electron chi connectivity index (χ2n) is 10.0. The van der Waals surface area contributed by atoms with Gasteiger partial charge in [-0.05, 0) is 98.9 Å². The van der Waals surface area contributed by atoms with E-state index >= 15 is 0 Å². The summed E-state index contributed by atoms with van der Waals surface area (Å²) in [6.45, 7) is 17.9. The lowest BCUT2D eigenvalue weighted by atomic mass is 9.94. The van der Waals surface area contributed by atoms with Crippen molar-refractivity contribution in [3.05, 3.63) is 105 Å². The SMILES string of the molecule is Cc1cc(C)cc(Pc2cc(C)cc(C)c2-c2c(C)cc(C)cc2Pc2cc(C)cc(C)c2)c1. The fourth-order valence-electron chi connectivity index (χ4n) is 5.20. The van der Waals surface area contributed by atoms with E-state index in [1.54, 1.807) is 0 Å². The smallest absolute Gasteiger partial charge is 0.00677 e. The number of hydrogen-bond acceptors (Lipinski definition) is 0. The van der Waals surface area contributed by atoms with E-state index in [0.29, 0.717) is 17.2 Å². The fourth-order valence-corrected chi connectivity index (χ4v) is 8.52. The zero-order valence-corrected chi connectivity index (χ0v) is 23.8. The third-order valence-corrected chi connectivity index (χ3v) is 8.69. The lowest BCUT2D eigenvalue weighted by molar-refractivity contribution is 1.36. The first-order valence-electron chi connectivity index (χ1n) is 12.0. The van der Waals surface area contributed by atoms with Crippen molar-refractivity contribution in [3.63, 3.8) is 0 Å². The maximum atomic E-state index is 2.42. The minimum Gasteiger partial charge on any atom is -0.0584 e. The van der Waals surface area contributed by atoms with Crippen LogP contribution in [-0.2, 0) is 0 Å². The van der Waals surface area contributed by atoms with Crippen LogP contribution in [0.2, 0.25) is 0 Å². The third kappa shape index (κ3) is 5.68.